The Hall–Kier alpha value is -4.06. The van der Waals surface area contributed by atoms with E-state index in [1.807, 2.05) is 50.2 Å². The van der Waals surface area contributed by atoms with Crippen molar-refractivity contribution in [3.63, 3.8) is 0 Å². The quantitative estimate of drug-likeness (QED) is 0.395. The monoisotopic (exact) mass is 399 g/mol. The molecule has 0 atom stereocenters. The largest absolute Gasteiger partial charge is 0.459 e. The first kappa shape index (κ1) is 18.0. The second kappa shape index (κ2) is 6.77. The fraction of sp³-hybridized carbons (Fsp3) is 0.0833. The van der Waals surface area contributed by atoms with Gasteiger partial charge in [0.1, 0.15) is 11.2 Å². The maximum atomic E-state index is 12.7. The van der Waals surface area contributed by atoms with Crippen LogP contribution in [0.1, 0.15) is 21.7 Å². The van der Waals surface area contributed by atoms with Crippen molar-refractivity contribution < 1.29 is 18.0 Å². The summed E-state index contributed by atoms with van der Waals surface area (Å²) in [4.78, 5) is 25.1. The van der Waals surface area contributed by atoms with E-state index in [1.54, 1.807) is 12.1 Å². The van der Waals surface area contributed by atoms with Gasteiger partial charge in [0.25, 0.3) is 5.91 Å². The Morgan fingerprint density at radius 2 is 1.77 bits per heavy atom. The zero-order chi connectivity index (χ0) is 20.8. The molecule has 0 aliphatic carbocycles. The number of amides is 1. The van der Waals surface area contributed by atoms with Crippen LogP contribution in [0.2, 0.25) is 0 Å². The van der Waals surface area contributed by atoms with E-state index in [0.29, 0.717) is 28.2 Å². The van der Waals surface area contributed by atoms with Crippen LogP contribution in [-0.2, 0) is 0 Å². The fourth-order valence-electron chi connectivity index (χ4n) is 3.59. The Bertz CT molecular complexity index is 1470. The highest BCUT2D eigenvalue weighted by Crippen LogP contribution is 2.41. The zero-order valence-electron chi connectivity index (χ0n) is 16.3. The molecule has 0 aliphatic heterocycles. The van der Waals surface area contributed by atoms with Gasteiger partial charge >= 0.3 is 5.63 Å². The van der Waals surface area contributed by atoms with Gasteiger partial charge in [-0.1, -0.05) is 24.3 Å². The number of rotatable bonds is 3. The first-order valence-corrected chi connectivity index (χ1v) is 9.44. The van der Waals surface area contributed by atoms with Gasteiger partial charge in [-0.05, 0) is 49.2 Å². The van der Waals surface area contributed by atoms with E-state index >= 15 is 0 Å². The molecule has 3 aromatic heterocycles. The lowest BCUT2D eigenvalue weighted by atomic mass is 10.0. The van der Waals surface area contributed by atoms with Crippen LogP contribution < -0.4 is 10.9 Å². The van der Waals surface area contributed by atoms with E-state index in [-0.39, 0.29) is 5.76 Å². The molecule has 0 saturated heterocycles. The average Bonchev–Trinajstić information content (AvgIpc) is 3.39. The molecule has 6 heteroatoms. The molecule has 0 spiro atoms. The van der Waals surface area contributed by atoms with Gasteiger partial charge in [0.15, 0.2) is 11.5 Å². The predicted molar refractivity (Wildman–Crippen MR) is 114 cm³/mol. The normalized spacial score (nSPS) is 11.3. The Labute approximate surface area is 170 Å². The third kappa shape index (κ3) is 2.81. The topological polar surface area (TPSA) is 85.6 Å². The summed E-state index contributed by atoms with van der Waals surface area (Å²) >= 11 is 0. The Balaban J connectivity index is 1.79. The van der Waals surface area contributed by atoms with Crippen LogP contribution >= 0.6 is 0 Å². The third-order valence-electron chi connectivity index (χ3n) is 5.26. The van der Waals surface area contributed by atoms with Gasteiger partial charge in [-0.3, -0.25) is 4.79 Å². The van der Waals surface area contributed by atoms with E-state index < -0.39 is 11.5 Å². The van der Waals surface area contributed by atoms with Gasteiger partial charge in [-0.25, -0.2) is 4.79 Å². The van der Waals surface area contributed by atoms with Crippen LogP contribution in [0, 0.1) is 13.8 Å². The third-order valence-corrected chi connectivity index (χ3v) is 5.26. The van der Waals surface area contributed by atoms with Gasteiger partial charge in [-0.15, -0.1) is 0 Å². The van der Waals surface area contributed by atoms with Crippen LogP contribution in [0.25, 0.3) is 33.3 Å². The van der Waals surface area contributed by atoms with Crippen molar-refractivity contribution in [2.45, 2.75) is 13.8 Å². The zero-order valence-corrected chi connectivity index (χ0v) is 16.3. The molecule has 0 bridgehead atoms. The number of carbonyl (C=O) groups is 1. The number of nitrogens with one attached hydrogen (secondary N) is 1. The Morgan fingerprint density at radius 1 is 0.933 bits per heavy atom. The number of aryl methyl sites for hydroxylation is 2. The maximum Gasteiger partial charge on any atom is 0.336 e. The molecule has 30 heavy (non-hydrogen) atoms. The molecule has 148 valence electrons. The van der Waals surface area contributed by atoms with E-state index in [2.05, 4.69) is 5.32 Å². The molecule has 1 amide bonds. The van der Waals surface area contributed by atoms with E-state index in [0.717, 1.165) is 21.9 Å². The highest BCUT2D eigenvalue weighted by molar-refractivity contribution is 6.12. The van der Waals surface area contributed by atoms with Crippen molar-refractivity contribution in [3.05, 3.63) is 88.2 Å². The van der Waals surface area contributed by atoms with Crippen molar-refractivity contribution in [2.24, 2.45) is 0 Å². The minimum Gasteiger partial charge on any atom is -0.459 e. The first-order chi connectivity index (χ1) is 14.5. The highest BCUT2D eigenvalue weighted by Gasteiger charge is 2.22. The summed E-state index contributed by atoms with van der Waals surface area (Å²) in [5.41, 5.74) is 3.51. The molecule has 3 heterocycles. The molecular formula is C24H17NO5. The van der Waals surface area contributed by atoms with Crippen molar-refractivity contribution in [3.8, 4) is 11.3 Å². The van der Waals surface area contributed by atoms with Gasteiger partial charge in [-0.2, -0.15) is 0 Å². The average molecular weight is 399 g/mol. The van der Waals surface area contributed by atoms with Crippen molar-refractivity contribution >= 4 is 33.5 Å². The van der Waals surface area contributed by atoms with Crippen LogP contribution in [0.4, 0.5) is 5.69 Å². The number of benzene rings is 2. The van der Waals surface area contributed by atoms with Crippen molar-refractivity contribution in [2.75, 3.05) is 5.32 Å². The van der Waals surface area contributed by atoms with Crippen molar-refractivity contribution in [1.82, 2.24) is 0 Å². The summed E-state index contributed by atoms with van der Waals surface area (Å²) in [6.45, 7) is 3.86. The van der Waals surface area contributed by atoms with Crippen LogP contribution in [0.3, 0.4) is 0 Å². The molecule has 2 aromatic carbocycles. The molecule has 5 aromatic rings. The second-order valence-corrected chi connectivity index (χ2v) is 7.10. The number of hydrogen-bond acceptors (Lipinski definition) is 5. The molecule has 0 aliphatic rings. The summed E-state index contributed by atoms with van der Waals surface area (Å²) < 4.78 is 16.8. The Kier molecular flexibility index (Phi) is 4.06. The number of furan rings is 2. The van der Waals surface area contributed by atoms with Crippen LogP contribution in [0.15, 0.2) is 78.9 Å². The number of fused-ring (bicyclic) bond motifs is 2. The number of para-hydroxylation sites is 1. The minimum absolute atomic E-state index is 0.176. The van der Waals surface area contributed by atoms with Gasteiger partial charge in [0.2, 0.25) is 0 Å². The smallest absolute Gasteiger partial charge is 0.336 e. The fourth-order valence-corrected chi connectivity index (χ4v) is 3.59. The molecule has 6 nitrogen and oxygen atoms in total. The lowest BCUT2D eigenvalue weighted by molar-refractivity contribution is 0.0996. The summed E-state index contributed by atoms with van der Waals surface area (Å²) in [7, 11) is 0. The molecule has 1 N–H and O–H groups in total. The lowest BCUT2D eigenvalue weighted by Crippen LogP contribution is -2.11. The summed E-state index contributed by atoms with van der Waals surface area (Å²) in [5.74, 6) is 0.152. The maximum absolute atomic E-state index is 12.7. The van der Waals surface area contributed by atoms with Gasteiger partial charge < -0.3 is 18.6 Å². The van der Waals surface area contributed by atoms with Crippen LogP contribution in [0.5, 0.6) is 0 Å². The predicted octanol–water partition coefficient (Wildman–Crippen LogP) is 5.67. The standard InChI is InChI=1S/C24H17NO5/c1-13-9-10-15-17(12-20(26)30-22(15)14(13)2)23-21(16-6-3-4-7-18(16)29-23)25-24(27)19-8-5-11-28-19/h3-12H,1-2H3,(H,25,27). The SMILES string of the molecule is Cc1ccc2c(-c3oc4ccccc4c3NC(=O)c3ccco3)cc(=O)oc2c1C. The van der Waals surface area contributed by atoms with Crippen LogP contribution in [-0.4, -0.2) is 5.91 Å². The van der Waals surface area contributed by atoms with Gasteiger partial charge in [0.05, 0.1) is 12.0 Å². The number of hydrogen-bond donors (Lipinski definition) is 1. The highest BCUT2D eigenvalue weighted by atomic mass is 16.4. The van der Waals surface area contributed by atoms with Crippen molar-refractivity contribution in [1.29, 1.82) is 0 Å². The molecular weight excluding hydrogens is 382 g/mol. The minimum atomic E-state index is -0.491. The molecule has 0 fully saturated rings. The summed E-state index contributed by atoms with van der Waals surface area (Å²) in [6.07, 6.45) is 1.43. The summed E-state index contributed by atoms with van der Waals surface area (Å²) in [5, 5.41) is 4.33. The molecule has 0 unspecified atom stereocenters. The lowest BCUT2D eigenvalue weighted by Gasteiger charge is -2.09. The van der Waals surface area contributed by atoms with E-state index in [9.17, 15) is 9.59 Å². The Morgan fingerprint density at radius 3 is 2.57 bits per heavy atom. The van der Waals surface area contributed by atoms with E-state index in [1.165, 1.54) is 12.3 Å². The number of carbonyl (C=O) groups excluding carboxylic acids is 1. The molecule has 0 saturated carbocycles. The summed E-state index contributed by atoms with van der Waals surface area (Å²) in [6, 6.07) is 15.8. The van der Waals surface area contributed by atoms with E-state index in [4.69, 9.17) is 13.3 Å². The molecule has 0 radical (unpaired) electrons. The van der Waals surface area contributed by atoms with Gasteiger partial charge in [0, 0.05) is 22.4 Å². The molecule has 5 rings (SSSR count). The first-order valence-electron chi connectivity index (χ1n) is 9.44. The number of anilines is 1. The second-order valence-electron chi connectivity index (χ2n) is 7.10.